The number of nitrogens with one attached hydrogen (secondary N) is 2. The maximum Gasteiger partial charge on any atom is 0.387 e. The Morgan fingerprint density at radius 1 is 0.914 bits per heavy atom. The van der Waals surface area contributed by atoms with Gasteiger partial charge in [-0.15, -0.1) is 10.2 Å². The Balaban J connectivity index is 1.34. The summed E-state index contributed by atoms with van der Waals surface area (Å²) >= 11 is 0. The summed E-state index contributed by atoms with van der Waals surface area (Å²) < 4.78 is 36.5. The molecule has 0 aliphatic rings. The van der Waals surface area contributed by atoms with Crippen LogP contribution in [-0.4, -0.2) is 32.6 Å². The van der Waals surface area contributed by atoms with E-state index >= 15 is 0 Å². The fourth-order valence-corrected chi connectivity index (χ4v) is 3.19. The molecule has 180 valence electrons. The summed E-state index contributed by atoms with van der Waals surface area (Å²) in [7, 11) is 0. The second-order valence-corrected chi connectivity index (χ2v) is 7.55. The van der Waals surface area contributed by atoms with Crippen molar-refractivity contribution in [2.75, 3.05) is 10.6 Å². The number of anilines is 2. The molecule has 0 radical (unpaired) electrons. The van der Waals surface area contributed by atoms with Crippen LogP contribution in [0.15, 0.2) is 60.7 Å². The minimum absolute atomic E-state index is 0.0552. The number of aryl methyl sites for hydroxylation is 1. The van der Waals surface area contributed by atoms with Crippen LogP contribution in [0.1, 0.15) is 17.0 Å². The third-order valence-corrected chi connectivity index (χ3v) is 5.15. The summed E-state index contributed by atoms with van der Waals surface area (Å²) in [5, 5.41) is 18.0. The molecule has 2 amide bonds. The molecule has 0 atom stereocenters. The van der Waals surface area contributed by atoms with Crippen LogP contribution in [0.2, 0.25) is 0 Å². The second kappa shape index (κ2) is 10.2. The molecule has 2 N–H and O–H groups in total. The minimum atomic E-state index is -2.95. The average molecular weight is 480 g/mol. The predicted octanol–water partition coefficient (Wildman–Crippen LogP) is 5.63. The van der Waals surface area contributed by atoms with E-state index in [0.717, 1.165) is 17.0 Å². The third-order valence-electron chi connectivity index (χ3n) is 5.15. The maximum atomic E-state index is 12.3. The summed E-state index contributed by atoms with van der Waals surface area (Å²) in [4.78, 5) is 12.2. The maximum absolute atomic E-state index is 12.3. The molecule has 2 aromatic heterocycles. The summed E-state index contributed by atoms with van der Waals surface area (Å²) in [5.41, 5.74) is 3.83. The lowest BCUT2D eigenvalue weighted by Gasteiger charge is -2.10. The standard InChI is InChI=1S/C24H22F2N6O3/c1-14-15(2)31-32(16(14)3)21-11-12-22(30-29-21)34-19-9-7-17(8-10-19)27-24(33)28-18-5-4-6-20(13-18)35-23(25)26/h4-13,23H,1-3H3,(H2,27,28,33). The molecule has 11 heteroatoms. The van der Waals surface area contributed by atoms with Crippen LogP contribution in [0.4, 0.5) is 25.0 Å². The van der Waals surface area contributed by atoms with E-state index in [9.17, 15) is 13.6 Å². The lowest BCUT2D eigenvalue weighted by Crippen LogP contribution is -2.19. The molecular weight excluding hydrogens is 458 g/mol. The first kappa shape index (κ1) is 23.6. The molecule has 0 aliphatic carbocycles. The fraction of sp³-hybridized carbons (Fsp3) is 0.167. The van der Waals surface area contributed by atoms with E-state index in [1.54, 1.807) is 47.1 Å². The van der Waals surface area contributed by atoms with Gasteiger partial charge in [0.25, 0.3) is 0 Å². The number of amides is 2. The van der Waals surface area contributed by atoms with Gasteiger partial charge in [0.2, 0.25) is 5.88 Å². The zero-order chi connectivity index (χ0) is 24.9. The first-order valence-corrected chi connectivity index (χ1v) is 10.6. The Morgan fingerprint density at radius 2 is 1.66 bits per heavy atom. The van der Waals surface area contributed by atoms with Gasteiger partial charge in [0, 0.05) is 29.2 Å². The number of aromatic nitrogens is 4. The Labute approximate surface area is 199 Å². The Hall–Kier alpha value is -4.54. The Morgan fingerprint density at radius 3 is 2.29 bits per heavy atom. The lowest BCUT2D eigenvalue weighted by atomic mass is 10.2. The van der Waals surface area contributed by atoms with Crippen molar-refractivity contribution in [1.29, 1.82) is 0 Å². The molecule has 2 heterocycles. The van der Waals surface area contributed by atoms with Gasteiger partial charge in [-0.3, -0.25) is 0 Å². The highest BCUT2D eigenvalue weighted by Gasteiger charge is 2.11. The van der Waals surface area contributed by atoms with Gasteiger partial charge < -0.3 is 20.1 Å². The topological polar surface area (TPSA) is 103 Å². The molecule has 0 unspecified atom stereocenters. The van der Waals surface area contributed by atoms with Gasteiger partial charge in [-0.2, -0.15) is 13.9 Å². The summed E-state index contributed by atoms with van der Waals surface area (Å²) in [6.07, 6.45) is 0. The van der Waals surface area contributed by atoms with Gasteiger partial charge in [0.15, 0.2) is 5.82 Å². The van der Waals surface area contributed by atoms with Crippen molar-refractivity contribution in [3.05, 3.63) is 77.6 Å². The first-order valence-electron chi connectivity index (χ1n) is 10.6. The average Bonchev–Trinajstić information content (AvgIpc) is 3.08. The Kier molecular flexibility index (Phi) is 6.86. The number of nitrogens with zero attached hydrogens (tertiary/aromatic N) is 4. The molecule has 0 bridgehead atoms. The molecule has 0 aliphatic heterocycles. The monoisotopic (exact) mass is 480 g/mol. The van der Waals surface area contributed by atoms with Gasteiger partial charge in [-0.05, 0) is 68.8 Å². The molecule has 0 fully saturated rings. The van der Waals surface area contributed by atoms with Crippen molar-refractivity contribution in [3.8, 4) is 23.2 Å². The normalized spacial score (nSPS) is 10.8. The summed E-state index contributed by atoms with van der Waals surface area (Å²) in [5.74, 6) is 1.33. The second-order valence-electron chi connectivity index (χ2n) is 7.55. The largest absolute Gasteiger partial charge is 0.438 e. The van der Waals surface area contributed by atoms with Gasteiger partial charge >= 0.3 is 12.6 Å². The SMILES string of the molecule is Cc1nn(-c2ccc(Oc3ccc(NC(=O)Nc4cccc(OC(F)F)c4)cc3)nn2)c(C)c1C. The number of carbonyl (C=O) groups excluding carboxylic acids is 1. The van der Waals surface area contributed by atoms with Crippen molar-refractivity contribution in [3.63, 3.8) is 0 Å². The third kappa shape index (κ3) is 5.88. The van der Waals surface area contributed by atoms with E-state index in [1.165, 1.54) is 18.2 Å². The van der Waals surface area contributed by atoms with Gasteiger partial charge in [0.05, 0.1) is 5.69 Å². The first-order chi connectivity index (χ1) is 16.8. The zero-order valence-electron chi connectivity index (χ0n) is 19.1. The molecule has 0 saturated carbocycles. The highest BCUT2D eigenvalue weighted by Crippen LogP contribution is 2.23. The van der Waals surface area contributed by atoms with Crippen molar-refractivity contribution >= 4 is 17.4 Å². The van der Waals surface area contributed by atoms with Gasteiger partial charge in [0.1, 0.15) is 11.5 Å². The number of rotatable bonds is 7. The van der Waals surface area contributed by atoms with Crippen LogP contribution < -0.4 is 20.1 Å². The number of hydrogen-bond acceptors (Lipinski definition) is 6. The van der Waals surface area contributed by atoms with Gasteiger partial charge in [-0.1, -0.05) is 6.07 Å². The van der Waals surface area contributed by atoms with Crippen molar-refractivity contribution in [1.82, 2.24) is 20.0 Å². The highest BCUT2D eigenvalue weighted by atomic mass is 19.3. The van der Waals surface area contributed by atoms with Crippen LogP contribution in [0, 0.1) is 20.8 Å². The molecule has 0 saturated heterocycles. The number of benzene rings is 2. The smallest absolute Gasteiger partial charge is 0.387 e. The van der Waals surface area contributed by atoms with Crippen LogP contribution in [0.3, 0.4) is 0 Å². The molecule has 4 aromatic rings. The quantitative estimate of drug-likeness (QED) is 0.356. The molecule has 2 aromatic carbocycles. The van der Waals surface area contributed by atoms with E-state index in [2.05, 4.69) is 30.7 Å². The van der Waals surface area contributed by atoms with E-state index in [4.69, 9.17) is 4.74 Å². The van der Waals surface area contributed by atoms with E-state index in [0.29, 0.717) is 28.8 Å². The number of carbonyl (C=O) groups is 1. The predicted molar refractivity (Wildman–Crippen MR) is 126 cm³/mol. The van der Waals surface area contributed by atoms with Crippen LogP contribution in [0.5, 0.6) is 17.4 Å². The lowest BCUT2D eigenvalue weighted by molar-refractivity contribution is -0.0498. The molecule has 35 heavy (non-hydrogen) atoms. The Bertz CT molecular complexity index is 1320. The van der Waals surface area contributed by atoms with Crippen LogP contribution >= 0.6 is 0 Å². The number of hydrogen-bond donors (Lipinski definition) is 2. The van der Waals surface area contributed by atoms with Crippen molar-refractivity contribution < 1.29 is 23.0 Å². The summed E-state index contributed by atoms with van der Waals surface area (Å²) in [6, 6.07) is 15.2. The molecule has 4 rings (SSSR count). The fourth-order valence-electron chi connectivity index (χ4n) is 3.19. The van der Waals surface area contributed by atoms with Crippen LogP contribution in [-0.2, 0) is 0 Å². The molecule has 0 spiro atoms. The minimum Gasteiger partial charge on any atom is -0.438 e. The van der Waals surface area contributed by atoms with Crippen LogP contribution in [0.25, 0.3) is 5.82 Å². The highest BCUT2D eigenvalue weighted by molar-refractivity contribution is 5.99. The number of alkyl halides is 2. The van der Waals surface area contributed by atoms with E-state index in [-0.39, 0.29) is 5.75 Å². The summed E-state index contributed by atoms with van der Waals surface area (Å²) in [6.45, 7) is 2.97. The number of halogens is 2. The number of urea groups is 1. The van der Waals surface area contributed by atoms with Crippen molar-refractivity contribution in [2.24, 2.45) is 0 Å². The van der Waals surface area contributed by atoms with Crippen molar-refractivity contribution in [2.45, 2.75) is 27.4 Å². The molecular formula is C24H22F2N6O3. The van der Waals surface area contributed by atoms with E-state index < -0.39 is 12.6 Å². The molecule has 9 nitrogen and oxygen atoms in total. The van der Waals surface area contributed by atoms with Gasteiger partial charge in [-0.25, -0.2) is 9.48 Å². The van der Waals surface area contributed by atoms with E-state index in [1.807, 2.05) is 20.8 Å². The number of ether oxygens (including phenoxy) is 2. The zero-order valence-corrected chi connectivity index (χ0v) is 19.1.